The van der Waals surface area contributed by atoms with Crippen LogP contribution in [0.3, 0.4) is 0 Å². The number of rotatable bonds is 4. The molecule has 2 aromatic rings. The van der Waals surface area contributed by atoms with Crippen molar-refractivity contribution in [1.29, 1.82) is 5.26 Å². The highest BCUT2D eigenvalue weighted by Gasteiger charge is 2.14. The lowest BCUT2D eigenvalue weighted by atomic mass is 10.2. The zero-order valence-electron chi connectivity index (χ0n) is 11.6. The van der Waals surface area contributed by atoms with Gasteiger partial charge in [0.15, 0.2) is 5.78 Å². The predicted molar refractivity (Wildman–Crippen MR) is 80.3 cm³/mol. The van der Waals surface area contributed by atoms with Crippen LogP contribution in [0.5, 0.6) is 0 Å². The maximum atomic E-state index is 11.7. The summed E-state index contributed by atoms with van der Waals surface area (Å²) in [6.07, 6.45) is 0. The maximum Gasteiger partial charge on any atom is 0.346 e. The van der Waals surface area contributed by atoms with E-state index in [1.807, 2.05) is 12.1 Å². The third-order valence-corrected chi connectivity index (χ3v) is 3.94. The summed E-state index contributed by atoms with van der Waals surface area (Å²) in [5.74, 6) is 0.445. The molecule has 1 N–H and O–H groups in total. The summed E-state index contributed by atoms with van der Waals surface area (Å²) >= 11 is 1.34. The molecule has 0 atom stereocenters. The summed E-state index contributed by atoms with van der Waals surface area (Å²) in [5.41, 5.74) is 2.12. The van der Waals surface area contributed by atoms with Crippen molar-refractivity contribution < 1.29 is 4.79 Å². The molecule has 0 spiro atoms. The zero-order chi connectivity index (χ0) is 15.4. The number of thioether (sulfide) groups is 1. The van der Waals surface area contributed by atoms with Gasteiger partial charge in [-0.15, -0.1) is 11.8 Å². The summed E-state index contributed by atoms with van der Waals surface area (Å²) < 4.78 is 0. The Labute approximate surface area is 126 Å². The molecular weight excluding hydrogens is 286 g/mol. The van der Waals surface area contributed by atoms with E-state index in [-0.39, 0.29) is 5.78 Å². The van der Waals surface area contributed by atoms with Crippen LogP contribution in [0.2, 0.25) is 0 Å². The van der Waals surface area contributed by atoms with Crippen molar-refractivity contribution in [3.8, 4) is 6.07 Å². The lowest BCUT2D eigenvalue weighted by Crippen LogP contribution is -2.17. The van der Waals surface area contributed by atoms with Crippen molar-refractivity contribution in [3.05, 3.63) is 57.1 Å². The van der Waals surface area contributed by atoms with Crippen molar-refractivity contribution in [2.75, 3.05) is 0 Å². The predicted octanol–water partition coefficient (Wildman–Crippen LogP) is 2.44. The molecule has 0 saturated heterocycles. The Bertz CT molecular complexity index is 773. The number of Topliss-reactive ketones (excluding diaryl/α,β-unsaturated/α-hetero) is 1. The average Bonchev–Trinajstić information content (AvgIpc) is 2.44. The van der Waals surface area contributed by atoms with Gasteiger partial charge < -0.3 is 4.98 Å². The summed E-state index contributed by atoms with van der Waals surface area (Å²) in [6, 6.07) is 9.22. The molecule has 0 saturated carbocycles. The van der Waals surface area contributed by atoms with E-state index in [0.717, 1.165) is 5.56 Å². The summed E-state index contributed by atoms with van der Waals surface area (Å²) in [5, 5.41) is 9.19. The minimum absolute atomic E-state index is 0.126. The van der Waals surface area contributed by atoms with E-state index in [1.165, 1.54) is 18.7 Å². The summed E-state index contributed by atoms with van der Waals surface area (Å²) in [7, 11) is 0. The largest absolute Gasteiger partial charge is 0.346 e. The molecular formula is C15H13N3O2S. The molecule has 6 heteroatoms. The zero-order valence-corrected chi connectivity index (χ0v) is 12.5. The number of nitriles is 1. The van der Waals surface area contributed by atoms with Gasteiger partial charge in [-0.3, -0.25) is 4.79 Å². The fourth-order valence-electron chi connectivity index (χ4n) is 1.91. The number of carbonyl (C=O) groups excluding carboxylic acids is 1. The fourth-order valence-corrected chi connectivity index (χ4v) is 2.99. The van der Waals surface area contributed by atoms with Gasteiger partial charge in [-0.25, -0.2) is 4.79 Å². The molecule has 21 heavy (non-hydrogen) atoms. The Morgan fingerprint density at radius 1 is 1.38 bits per heavy atom. The number of aromatic nitrogens is 2. The van der Waals surface area contributed by atoms with E-state index in [0.29, 0.717) is 27.6 Å². The van der Waals surface area contributed by atoms with Crippen molar-refractivity contribution in [2.45, 2.75) is 24.6 Å². The Morgan fingerprint density at radius 2 is 2.05 bits per heavy atom. The maximum absolute atomic E-state index is 11.7. The van der Waals surface area contributed by atoms with Crippen LogP contribution in [0.15, 0.2) is 34.1 Å². The number of nitrogens with one attached hydrogen (secondary N) is 1. The number of aromatic amines is 1. The van der Waals surface area contributed by atoms with E-state index in [2.05, 4.69) is 16.0 Å². The van der Waals surface area contributed by atoms with Gasteiger partial charge in [-0.05, 0) is 31.5 Å². The second kappa shape index (κ2) is 6.37. The standard InChI is InChI=1S/C15H13N3O2S/c1-9-13(10(2)19)14(18-15(20)17-9)21-8-12-5-3-11(7-16)4-6-12/h3-6H,8H2,1-2H3,(H,17,18,20). The Morgan fingerprint density at radius 3 is 2.62 bits per heavy atom. The molecule has 0 radical (unpaired) electrons. The van der Waals surface area contributed by atoms with Crippen molar-refractivity contribution in [1.82, 2.24) is 9.97 Å². The van der Waals surface area contributed by atoms with Crippen LogP contribution in [0.1, 0.15) is 34.1 Å². The number of ketones is 1. The van der Waals surface area contributed by atoms with E-state index >= 15 is 0 Å². The molecule has 0 aliphatic heterocycles. The van der Waals surface area contributed by atoms with Crippen LogP contribution in [-0.4, -0.2) is 15.8 Å². The van der Waals surface area contributed by atoms with E-state index in [4.69, 9.17) is 5.26 Å². The number of H-pyrrole nitrogens is 1. The first kappa shape index (κ1) is 15.0. The van der Waals surface area contributed by atoms with Crippen LogP contribution >= 0.6 is 11.8 Å². The molecule has 0 amide bonds. The topological polar surface area (TPSA) is 86.6 Å². The van der Waals surface area contributed by atoms with Crippen LogP contribution in [0.4, 0.5) is 0 Å². The van der Waals surface area contributed by atoms with Crippen molar-refractivity contribution in [3.63, 3.8) is 0 Å². The molecule has 0 fully saturated rings. The van der Waals surface area contributed by atoms with Gasteiger partial charge in [0.2, 0.25) is 0 Å². The van der Waals surface area contributed by atoms with Gasteiger partial charge in [0.25, 0.3) is 0 Å². The number of benzene rings is 1. The highest BCUT2D eigenvalue weighted by Crippen LogP contribution is 2.25. The highest BCUT2D eigenvalue weighted by atomic mass is 32.2. The fraction of sp³-hybridized carbons (Fsp3) is 0.200. The van der Waals surface area contributed by atoms with Crippen molar-refractivity contribution in [2.24, 2.45) is 0 Å². The molecule has 106 valence electrons. The van der Waals surface area contributed by atoms with Gasteiger partial charge in [-0.2, -0.15) is 10.2 Å². The van der Waals surface area contributed by atoms with Gasteiger partial charge in [0, 0.05) is 11.4 Å². The van der Waals surface area contributed by atoms with E-state index < -0.39 is 5.69 Å². The molecule has 2 rings (SSSR count). The Balaban J connectivity index is 2.25. The molecule has 1 heterocycles. The van der Waals surface area contributed by atoms with Gasteiger partial charge in [0.05, 0.1) is 17.2 Å². The number of nitrogens with zero attached hydrogens (tertiary/aromatic N) is 2. The SMILES string of the molecule is CC(=O)c1c(SCc2ccc(C#N)cc2)nc(=O)[nH]c1C. The van der Waals surface area contributed by atoms with Crippen LogP contribution in [0, 0.1) is 18.3 Å². The third-order valence-electron chi connectivity index (χ3n) is 2.90. The van der Waals surface area contributed by atoms with Gasteiger partial charge >= 0.3 is 5.69 Å². The summed E-state index contributed by atoms with van der Waals surface area (Å²) in [6.45, 7) is 3.14. The van der Waals surface area contributed by atoms with Gasteiger partial charge in [-0.1, -0.05) is 12.1 Å². The molecule has 5 nitrogen and oxygen atoms in total. The molecule has 0 bridgehead atoms. The minimum atomic E-state index is -0.458. The van der Waals surface area contributed by atoms with Gasteiger partial charge in [0.1, 0.15) is 5.03 Å². The normalized spacial score (nSPS) is 10.1. The lowest BCUT2D eigenvalue weighted by Gasteiger charge is -2.08. The first-order valence-electron chi connectivity index (χ1n) is 6.25. The monoisotopic (exact) mass is 299 g/mol. The van der Waals surface area contributed by atoms with Crippen LogP contribution in [0.25, 0.3) is 0 Å². The molecule has 1 aromatic carbocycles. The quantitative estimate of drug-likeness (QED) is 0.532. The first-order chi connectivity index (χ1) is 10.0. The highest BCUT2D eigenvalue weighted by molar-refractivity contribution is 7.98. The average molecular weight is 299 g/mol. The minimum Gasteiger partial charge on any atom is -0.309 e. The number of hydrogen-bond donors (Lipinski definition) is 1. The molecule has 0 aliphatic rings. The molecule has 0 unspecified atom stereocenters. The molecule has 0 aliphatic carbocycles. The smallest absolute Gasteiger partial charge is 0.309 e. The number of hydrogen-bond acceptors (Lipinski definition) is 5. The third kappa shape index (κ3) is 3.58. The van der Waals surface area contributed by atoms with Crippen LogP contribution in [-0.2, 0) is 5.75 Å². The first-order valence-corrected chi connectivity index (χ1v) is 7.23. The van der Waals surface area contributed by atoms with Crippen LogP contribution < -0.4 is 5.69 Å². The molecule has 1 aromatic heterocycles. The van der Waals surface area contributed by atoms with E-state index in [9.17, 15) is 9.59 Å². The van der Waals surface area contributed by atoms with E-state index in [1.54, 1.807) is 19.1 Å². The number of aryl methyl sites for hydroxylation is 1. The Kier molecular flexibility index (Phi) is 4.55. The summed E-state index contributed by atoms with van der Waals surface area (Å²) in [4.78, 5) is 29.6. The second-order valence-corrected chi connectivity index (χ2v) is 5.46. The Hall–Kier alpha value is -2.39. The number of carbonyl (C=O) groups is 1. The van der Waals surface area contributed by atoms with Crippen molar-refractivity contribution >= 4 is 17.5 Å². The lowest BCUT2D eigenvalue weighted by molar-refractivity contribution is 0.101. The second-order valence-electron chi connectivity index (χ2n) is 4.50.